The van der Waals surface area contributed by atoms with Crippen LogP contribution < -0.4 is 0 Å². The van der Waals surface area contributed by atoms with Crippen molar-refractivity contribution in [3.8, 4) is 12.3 Å². The Labute approximate surface area is 86.3 Å². The summed E-state index contributed by atoms with van der Waals surface area (Å²) < 4.78 is 0.916. The molecule has 0 atom stereocenters. The molecule has 0 saturated carbocycles. The van der Waals surface area contributed by atoms with E-state index in [0.29, 0.717) is 18.4 Å². The monoisotopic (exact) mass is 236 g/mol. The lowest BCUT2D eigenvalue weighted by Crippen LogP contribution is -1.97. The van der Waals surface area contributed by atoms with Gasteiger partial charge in [0.05, 0.1) is 0 Å². The molecule has 1 rings (SSSR count). The lowest BCUT2D eigenvalue weighted by Gasteiger charge is -1.98. The third kappa shape index (κ3) is 3.04. The first-order valence-electron chi connectivity index (χ1n) is 3.96. The maximum atomic E-state index is 11.4. The number of rotatable bonds is 3. The predicted molar refractivity (Wildman–Crippen MR) is 56.5 cm³/mol. The van der Waals surface area contributed by atoms with Crippen LogP contribution in [0.3, 0.4) is 0 Å². The number of hydrogen-bond acceptors (Lipinski definition) is 1. The third-order valence-electron chi connectivity index (χ3n) is 1.64. The fourth-order valence-corrected chi connectivity index (χ4v) is 1.39. The standard InChI is InChI=1S/C11H9BrO/c1-2-3-7-11(13)9-5-4-6-10(12)8-9/h1,4-6,8H,3,7H2. The minimum Gasteiger partial charge on any atom is -0.294 e. The lowest BCUT2D eigenvalue weighted by molar-refractivity contribution is 0.0984. The van der Waals surface area contributed by atoms with Gasteiger partial charge in [0.1, 0.15) is 0 Å². The van der Waals surface area contributed by atoms with E-state index in [2.05, 4.69) is 21.9 Å². The van der Waals surface area contributed by atoms with Crippen molar-refractivity contribution in [3.05, 3.63) is 34.3 Å². The molecule has 0 aliphatic rings. The Balaban J connectivity index is 2.72. The first-order chi connectivity index (χ1) is 6.24. The number of benzene rings is 1. The average molecular weight is 237 g/mol. The van der Waals surface area contributed by atoms with Crippen LogP contribution in [0.1, 0.15) is 23.2 Å². The molecular weight excluding hydrogens is 228 g/mol. The van der Waals surface area contributed by atoms with Gasteiger partial charge in [-0.1, -0.05) is 28.1 Å². The molecular formula is C11H9BrO. The van der Waals surface area contributed by atoms with Gasteiger partial charge in [0, 0.05) is 22.9 Å². The highest BCUT2D eigenvalue weighted by Gasteiger charge is 2.03. The van der Waals surface area contributed by atoms with Crippen LogP contribution in [0.5, 0.6) is 0 Å². The normalized spacial score (nSPS) is 9.23. The summed E-state index contributed by atoms with van der Waals surface area (Å²) in [6.45, 7) is 0. The number of hydrogen-bond donors (Lipinski definition) is 0. The lowest BCUT2D eigenvalue weighted by atomic mass is 10.1. The van der Waals surface area contributed by atoms with Crippen LogP contribution in [0.4, 0.5) is 0 Å². The molecule has 0 aliphatic heterocycles. The maximum Gasteiger partial charge on any atom is 0.163 e. The molecule has 1 nitrogen and oxygen atoms in total. The van der Waals surface area contributed by atoms with E-state index < -0.39 is 0 Å². The van der Waals surface area contributed by atoms with E-state index in [0.717, 1.165) is 4.47 Å². The second-order valence-electron chi connectivity index (χ2n) is 2.64. The molecule has 0 spiro atoms. The number of terminal acetylenes is 1. The highest BCUT2D eigenvalue weighted by molar-refractivity contribution is 9.10. The van der Waals surface area contributed by atoms with Crippen molar-refractivity contribution in [1.29, 1.82) is 0 Å². The number of carbonyl (C=O) groups excluding carboxylic acids is 1. The fraction of sp³-hybridized carbons (Fsp3) is 0.182. The zero-order valence-corrected chi connectivity index (χ0v) is 8.67. The molecule has 0 bridgehead atoms. The Morgan fingerprint density at radius 3 is 2.92 bits per heavy atom. The van der Waals surface area contributed by atoms with Crippen molar-refractivity contribution >= 4 is 21.7 Å². The average Bonchev–Trinajstić information content (AvgIpc) is 2.14. The molecule has 0 unspecified atom stereocenters. The Hall–Kier alpha value is -1.07. The molecule has 0 amide bonds. The van der Waals surface area contributed by atoms with E-state index in [4.69, 9.17) is 6.42 Å². The first kappa shape index (κ1) is 10.0. The summed E-state index contributed by atoms with van der Waals surface area (Å²) in [4.78, 5) is 11.4. The first-order valence-corrected chi connectivity index (χ1v) is 4.75. The van der Waals surface area contributed by atoms with Gasteiger partial charge in [-0.3, -0.25) is 4.79 Å². The zero-order chi connectivity index (χ0) is 9.68. The second kappa shape index (κ2) is 4.84. The molecule has 0 heterocycles. The molecule has 0 aromatic heterocycles. The summed E-state index contributed by atoms with van der Waals surface area (Å²) in [6, 6.07) is 7.33. The molecule has 2 heteroatoms. The molecule has 66 valence electrons. The summed E-state index contributed by atoms with van der Waals surface area (Å²) in [7, 11) is 0. The summed E-state index contributed by atoms with van der Waals surface area (Å²) in [5, 5.41) is 0. The Kier molecular flexibility index (Phi) is 3.72. The summed E-state index contributed by atoms with van der Waals surface area (Å²) >= 11 is 3.31. The van der Waals surface area contributed by atoms with Crippen LogP contribution in [-0.2, 0) is 0 Å². The SMILES string of the molecule is C#CCCC(=O)c1cccc(Br)c1. The number of Topliss-reactive ketones (excluding diaryl/α,β-unsaturated/α-hetero) is 1. The van der Waals surface area contributed by atoms with Gasteiger partial charge in [-0.2, -0.15) is 0 Å². The van der Waals surface area contributed by atoms with Crippen molar-refractivity contribution < 1.29 is 4.79 Å². The van der Waals surface area contributed by atoms with E-state index in [1.54, 1.807) is 12.1 Å². The van der Waals surface area contributed by atoms with Crippen LogP contribution >= 0.6 is 15.9 Å². The van der Waals surface area contributed by atoms with Crippen LogP contribution in [0.2, 0.25) is 0 Å². The smallest absolute Gasteiger partial charge is 0.163 e. The zero-order valence-electron chi connectivity index (χ0n) is 7.09. The minimum atomic E-state index is 0.0965. The van der Waals surface area contributed by atoms with Crippen molar-refractivity contribution in [2.75, 3.05) is 0 Å². The molecule has 0 aliphatic carbocycles. The largest absolute Gasteiger partial charge is 0.294 e. The van der Waals surface area contributed by atoms with E-state index in [-0.39, 0.29) is 5.78 Å². The van der Waals surface area contributed by atoms with Gasteiger partial charge in [0.15, 0.2) is 5.78 Å². The van der Waals surface area contributed by atoms with Gasteiger partial charge in [0.2, 0.25) is 0 Å². The van der Waals surface area contributed by atoms with Crippen LogP contribution in [-0.4, -0.2) is 5.78 Å². The van der Waals surface area contributed by atoms with Gasteiger partial charge in [0.25, 0.3) is 0 Å². The van der Waals surface area contributed by atoms with Crippen LogP contribution in [0, 0.1) is 12.3 Å². The van der Waals surface area contributed by atoms with Crippen LogP contribution in [0.25, 0.3) is 0 Å². The molecule has 0 N–H and O–H groups in total. The van der Waals surface area contributed by atoms with E-state index >= 15 is 0 Å². The Bertz CT molecular complexity index is 349. The topological polar surface area (TPSA) is 17.1 Å². The number of carbonyl (C=O) groups is 1. The minimum absolute atomic E-state index is 0.0965. The van der Waals surface area contributed by atoms with Gasteiger partial charge < -0.3 is 0 Å². The highest BCUT2D eigenvalue weighted by Crippen LogP contribution is 2.13. The van der Waals surface area contributed by atoms with Gasteiger partial charge in [-0.05, 0) is 12.1 Å². The van der Waals surface area contributed by atoms with E-state index in [9.17, 15) is 4.79 Å². The van der Waals surface area contributed by atoms with E-state index in [1.807, 2.05) is 12.1 Å². The van der Waals surface area contributed by atoms with Crippen LogP contribution in [0.15, 0.2) is 28.7 Å². The second-order valence-corrected chi connectivity index (χ2v) is 3.55. The molecule has 13 heavy (non-hydrogen) atoms. The molecule has 0 saturated heterocycles. The Morgan fingerprint density at radius 2 is 2.31 bits per heavy atom. The summed E-state index contributed by atoms with van der Waals surface area (Å²) in [5.41, 5.74) is 0.713. The number of ketones is 1. The maximum absolute atomic E-state index is 11.4. The van der Waals surface area contributed by atoms with Crippen molar-refractivity contribution in [2.24, 2.45) is 0 Å². The fourth-order valence-electron chi connectivity index (χ4n) is 0.992. The van der Waals surface area contributed by atoms with Gasteiger partial charge in [-0.25, -0.2) is 0 Å². The Morgan fingerprint density at radius 1 is 1.54 bits per heavy atom. The predicted octanol–water partition coefficient (Wildman–Crippen LogP) is 3.05. The van der Waals surface area contributed by atoms with Crippen molar-refractivity contribution in [2.45, 2.75) is 12.8 Å². The molecule has 1 aromatic carbocycles. The molecule has 0 radical (unpaired) electrons. The van der Waals surface area contributed by atoms with Gasteiger partial charge in [-0.15, -0.1) is 12.3 Å². The highest BCUT2D eigenvalue weighted by atomic mass is 79.9. The van der Waals surface area contributed by atoms with E-state index in [1.165, 1.54) is 0 Å². The quantitative estimate of drug-likeness (QED) is 0.583. The molecule has 0 fully saturated rings. The third-order valence-corrected chi connectivity index (χ3v) is 2.14. The summed E-state index contributed by atoms with van der Waals surface area (Å²) in [5.74, 6) is 2.55. The number of halogens is 1. The van der Waals surface area contributed by atoms with Crippen molar-refractivity contribution in [1.82, 2.24) is 0 Å². The molecule has 1 aromatic rings. The summed E-state index contributed by atoms with van der Waals surface area (Å²) in [6.07, 6.45) is 6.00. The van der Waals surface area contributed by atoms with Gasteiger partial charge >= 0.3 is 0 Å². The van der Waals surface area contributed by atoms with Crippen molar-refractivity contribution in [3.63, 3.8) is 0 Å².